The Morgan fingerprint density at radius 3 is 2.27 bits per heavy atom. The maximum atomic E-state index is 14.9. The van der Waals surface area contributed by atoms with Crippen molar-refractivity contribution in [3.05, 3.63) is 12.7 Å². The summed E-state index contributed by atoms with van der Waals surface area (Å²) in [6, 6.07) is -2.89. The molecule has 52 heavy (non-hydrogen) atoms. The molecule has 12 nitrogen and oxygen atoms in total. The number of amides is 3. The number of nitrogens with zero attached hydrogens (tertiary/aromatic N) is 3. The van der Waals surface area contributed by atoms with Crippen LogP contribution in [0.4, 0.5) is 4.79 Å². The standard InChI is InChI=1S/C39H63N5O7S/c1-10-12-18-27(34(47)30(45)21-13-11-2)24-31(46)33-29-20-17-19-28(29)25-44(33)36(48)35(39(6)22-15-14-16-23-39)41-37(49)40-32(38(3,4)5)26-43(9)52(50,51)42(7)8/h1,11,27-29,32-33,35H,2,12-26H2,3-9H3,(H2,40,41,49)/t27?,28-,29-,32+,33-,35+/m0/s1. The van der Waals surface area contributed by atoms with Crippen molar-refractivity contribution in [2.24, 2.45) is 28.6 Å². The minimum absolute atomic E-state index is 0.00896. The van der Waals surface area contributed by atoms with Crippen molar-refractivity contribution in [2.75, 3.05) is 34.2 Å². The van der Waals surface area contributed by atoms with Crippen LogP contribution < -0.4 is 10.6 Å². The van der Waals surface area contributed by atoms with Gasteiger partial charge in [-0.1, -0.05) is 59.5 Å². The molecule has 0 aromatic carbocycles. The molecule has 1 heterocycles. The van der Waals surface area contributed by atoms with E-state index in [1.807, 2.05) is 27.7 Å². The third-order valence-electron chi connectivity index (χ3n) is 11.7. The van der Waals surface area contributed by atoms with E-state index in [1.165, 1.54) is 25.4 Å². The molecule has 3 aliphatic rings. The molecule has 3 rings (SSSR count). The van der Waals surface area contributed by atoms with Crippen LogP contribution in [0.2, 0.25) is 0 Å². The molecule has 0 radical (unpaired) electrons. The molecule has 0 bridgehead atoms. The van der Waals surface area contributed by atoms with Gasteiger partial charge in [0.05, 0.1) is 6.04 Å². The van der Waals surface area contributed by atoms with Crippen molar-refractivity contribution >= 4 is 39.5 Å². The van der Waals surface area contributed by atoms with Gasteiger partial charge in [-0.15, -0.1) is 18.9 Å². The van der Waals surface area contributed by atoms with E-state index >= 15 is 0 Å². The highest BCUT2D eigenvalue weighted by molar-refractivity contribution is 7.86. The molecule has 1 aliphatic heterocycles. The second-order valence-electron chi connectivity index (χ2n) is 16.8. The lowest BCUT2D eigenvalue weighted by molar-refractivity contribution is -0.144. The number of ketones is 3. The van der Waals surface area contributed by atoms with E-state index < -0.39 is 62.7 Å². The summed E-state index contributed by atoms with van der Waals surface area (Å²) in [5.41, 5.74) is -1.12. The Labute approximate surface area is 312 Å². The number of likely N-dealkylation sites (tertiary alicyclic amines) is 1. The first-order valence-electron chi connectivity index (χ1n) is 18.9. The van der Waals surface area contributed by atoms with Crippen molar-refractivity contribution in [1.29, 1.82) is 0 Å². The van der Waals surface area contributed by atoms with Gasteiger partial charge in [0, 0.05) is 65.5 Å². The van der Waals surface area contributed by atoms with E-state index in [2.05, 4.69) is 23.1 Å². The van der Waals surface area contributed by atoms with Crippen LogP contribution in [0.3, 0.4) is 0 Å². The first-order valence-corrected chi connectivity index (χ1v) is 20.3. The van der Waals surface area contributed by atoms with Crippen molar-refractivity contribution < 1.29 is 32.4 Å². The largest absolute Gasteiger partial charge is 0.334 e. The lowest BCUT2D eigenvalue weighted by Gasteiger charge is -2.43. The highest BCUT2D eigenvalue weighted by Crippen LogP contribution is 2.46. The summed E-state index contributed by atoms with van der Waals surface area (Å²) in [6.07, 6.45) is 14.6. The molecule has 3 fully saturated rings. The fraction of sp³-hybridized carbons (Fsp3) is 0.769. The molecule has 292 valence electrons. The number of carbonyl (C=O) groups excluding carboxylic acids is 5. The number of Topliss-reactive ketones (excluding diaryl/α,β-unsaturated/α-hetero) is 3. The van der Waals surface area contributed by atoms with E-state index in [4.69, 9.17) is 6.42 Å². The maximum Gasteiger partial charge on any atom is 0.315 e. The van der Waals surface area contributed by atoms with Crippen molar-refractivity contribution in [3.63, 3.8) is 0 Å². The van der Waals surface area contributed by atoms with Crippen LogP contribution >= 0.6 is 0 Å². The third kappa shape index (κ3) is 10.5. The minimum Gasteiger partial charge on any atom is -0.334 e. The van der Waals surface area contributed by atoms with Crippen LogP contribution in [-0.2, 0) is 29.4 Å². The predicted molar refractivity (Wildman–Crippen MR) is 202 cm³/mol. The quantitative estimate of drug-likeness (QED) is 0.119. The summed E-state index contributed by atoms with van der Waals surface area (Å²) in [4.78, 5) is 70.8. The van der Waals surface area contributed by atoms with E-state index in [-0.39, 0.29) is 55.8 Å². The third-order valence-corrected chi connectivity index (χ3v) is 13.5. The first kappa shape index (κ1) is 43.3. The van der Waals surface area contributed by atoms with Gasteiger partial charge in [0.2, 0.25) is 11.7 Å². The molecule has 2 N–H and O–H groups in total. The predicted octanol–water partition coefficient (Wildman–Crippen LogP) is 4.50. The number of hydrogen-bond acceptors (Lipinski definition) is 7. The molecule has 0 spiro atoms. The molecule has 0 aromatic heterocycles. The zero-order valence-corrected chi connectivity index (χ0v) is 33.4. The summed E-state index contributed by atoms with van der Waals surface area (Å²) in [7, 11) is 0.615. The van der Waals surface area contributed by atoms with Crippen molar-refractivity contribution in [2.45, 2.75) is 129 Å². The van der Waals surface area contributed by atoms with Crippen LogP contribution in [-0.4, -0.2) is 104 Å². The van der Waals surface area contributed by atoms with Gasteiger partial charge in [-0.05, 0) is 61.2 Å². The zero-order valence-electron chi connectivity index (χ0n) is 32.5. The van der Waals surface area contributed by atoms with Gasteiger partial charge in [0.25, 0.3) is 10.2 Å². The fourth-order valence-corrected chi connectivity index (χ4v) is 9.22. The number of urea groups is 1. The van der Waals surface area contributed by atoms with E-state index in [1.54, 1.807) is 11.0 Å². The lowest BCUT2D eigenvalue weighted by atomic mass is 9.70. The Balaban J connectivity index is 1.93. The number of fused-ring (bicyclic) bond motifs is 1. The van der Waals surface area contributed by atoms with Crippen molar-refractivity contribution in [1.82, 2.24) is 24.1 Å². The van der Waals surface area contributed by atoms with Crippen LogP contribution in [0.1, 0.15) is 111 Å². The molecule has 2 saturated carbocycles. The molecule has 13 heteroatoms. The maximum absolute atomic E-state index is 14.9. The van der Waals surface area contributed by atoms with Gasteiger partial charge in [0.1, 0.15) is 6.04 Å². The second kappa shape index (κ2) is 18.3. The molecule has 1 saturated heterocycles. The normalized spacial score (nSPS) is 23.3. The highest BCUT2D eigenvalue weighted by Gasteiger charge is 2.53. The average molecular weight is 746 g/mol. The number of likely N-dealkylation sites (N-methyl/N-ethyl adjacent to an activating group) is 1. The first-order chi connectivity index (χ1) is 24.3. The second-order valence-corrected chi connectivity index (χ2v) is 19.0. The molecular weight excluding hydrogens is 683 g/mol. The highest BCUT2D eigenvalue weighted by atomic mass is 32.2. The topological polar surface area (TPSA) is 153 Å². The monoisotopic (exact) mass is 745 g/mol. The van der Waals surface area contributed by atoms with Crippen LogP contribution in [0, 0.1) is 40.9 Å². The van der Waals surface area contributed by atoms with Gasteiger partial charge >= 0.3 is 6.03 Å². The van der Waals surface area contributed by atoms with Crippen molar-refractivity contribution in [3.8, 4) is 12.3 Å². The lowest BCUT2D eigenvalue weighted by Crippen LogP contribution is -2.62. The zero-order chi connectivity index (χ0) is 39.0. The number of nitrogens with one attached hydrogen (secondary N) is 2. The minimum atomic E-state index is -3.74. The summed E-state index contributed by atoms with van der Waals surface area (Å²) in [5.74, 6) is 0.00325. The van der Waals surface area contributed by atoms with Gasteiger partial charge in [0.15, 0.2) is 11.6 Å². The van der Waals surface area contributed by atoms with E-state index in [0.29, 0.717) is 25.8 Å². The Bertz CT molecular complexity index is 1470. The Kier molecular flexibility index (Phi) is 15.2. The number of terminal acetylenes is 1. The average Bonchev–Trinajstić information content (AvgIpc) is 3.68. The molecule has 6 atom stereocenters. The summed E-state index contributed by atoms with van der Waals surface area (Å²) in [5, 5.41) is 6.01. The summed E-state index contributed by atoms with van der Waals surface area (Å²) < 4.78 is 28.0. The van der Waals surface area contributed by atoms with E-state index in [0.717, 1.165) is 42.8 Å². The molecule has 2 aliphatic carbocycles. The Morgan fingerprint density at radius 1 is 1.04 bits per heavy atom. The van der Waals surface area contributed by atoms with Crippen LogP contribution in [0.25, 0.3) is 0 Å². The Hall–Kier alpha value is -3.08. The number of allylic oxidation sites excluding steroid dienone is 1. The number of rotatable bonds is 18. The summed E-state index contributed by atoms with van der Waals surface area (Å²) in [6.45, 7) is 11.8. The molecule has 0 aromatic rings. The Morgan fingerprint density at radius 2 is 1.69 bits per heavy atom. The molecular formula is C39H63N5O7S. The van der Waals surface area contributed by atoms with Gasteiger partial charge in [-0.3, -0.25) is 19.2 Å². The van der Waals surface area contributed by atoms with Gasteiger partial charge in [-0.25, -0.2) is 4.79 Å². The van der Waals surface area contributed by atoms with Crippen LogP contribution in [0.15, 0.2) is 12.7 Å². The molecule has 3 amide bonds. The smallest absolute Gasteiger partial charge is 0.315 e. The van der Waals surface area contributed by atoms with Crippen LogP contribution in [0.5, 0.6) is 0 Å². The van der Waals surface area contributed by atoms with Gasteiger partial charge in [-0.2, -0.15) is 17.0 Å². The summed E-state index contributed by atoms with van der Waals surface area (Å²) >= 11 is 0. The van der Waals surface area contributed by atoms with E-state index in [9.17, 15) is 32.4 Å². The number of carbonyl (C=O) groups is 5. The number of hydrogen-bond donors (Lipinski definition) is 2. The molecule has 1 unspecified atom stereocenters. The van der Waals surface area contributed by atoms with Gasteiger partial charge < -0.3 is 15.5 Å². The SMILES string of the molecule is C#CCCC(CC(=O)[C@@H]1[C@H]2CCC[C@H]2CN1C(=O)[C@@H](NC(=O)N[C@H](CN(C)S(=O)(=O)N(C)C)C(C)(C)C)C1(C)CCCCC1)C(=O)C(=O)CCC=C. The fourth-order valence-electron chi connectivity index (χ4n) is 8.32.